The van der Waals surface area contributed by atoms with Crippen molar-refractivity contribution in [2.75, 3.05) is 31.3 Å². The molecule has 1 aliphatic heterocycles. The minimum absolute atomic E-state index is 0.0311. The first-order valence-electron chi connectivity index (χ1n) is 5.36. The lowest BCUT2D eigenvalue weighted by Gasteiger charge is -2.16. The lowest BCUT2D eigenvalue weighted by atomic mass is 10.1. The molecule has 0 aliphatic carbocycles. The Kier molecular flexibility index (Phi) is 5.62. The standard InChI is InChI=1S/C10H18N2O3S/c1-8(2-3-13)4-11-9(14)5-12-7-16-6-10(12)15/h8,13H,2-7H2,1H3,(H,11,14). The van der Waals surface area contributed by atoms with Crippen molar-refractivity contribution in [3.63, 3.8) is 0 Å². The normalized spacial score (nSPS) is 17.6. The molecular weight excluding hydrogens is 228 g/mol. The molecule has 5 nitrogen and oxygen atoms in total. The minimum Gasteiger partial charge on any atom is -0.396 e. The topological polar surface area (TPSA) is 69.6 Å². The highest BCUT2D eigenvalue weighted by atomic mass is 32.2. The summed E-state index contributed by atoms with van der Waals surface area (Å²) in [6.45, 7) is 2.80. The summed E-state index contributed by atoms with van der Waals surface area (Å²) in [6, 6.07) is 0. The summed E-state index contributed by atoms with van der Waals surface area (Å²) in [5, 5.41) is 11.5. The van der Waals surface area contributed by atoms with E-state index in [0.717, 1.165) is 0 Å². The van der Waals surface area contributed by atoms with E-state index in [1.807, 2.05) is 6.92 Å². The van der Waals surface area contributed by atoms with Crippen LogP contribution in [0.25, 0.3) is 0 Å². The van der Waals surface area contributed by atoms with Crippen LogP contribution in [0.15, 0.2) is 0 Å². The van der Waals surface area contributed by atoms with Crippen LogP contribution in [-0.2, 0) is 9.59 Å². The predicted octanol–water partition coefficient (Wildman–Crippen LogP) is -0.346. The zero-order valence-corrected chi connectivity index (χ0v) is 10.3. The average molecular weight is 246 g/mol. The van der Waals surface area contributed by atoms with Gasteiger partial charge in [-0.05, 0) is 12.3 Å². The number of carbonyl (C=O) groups is 2. The second kappa shape index (κ2) is 6.75. The van der Waals surface area contributed by atoms with Gasteiger partial charge in [0, 0.05) is 13.2 Å². The number of aliphatic hydroxyl groups is 1. The Hall–Kier alpha value is -0.750. The van der Waals surface area contributed by atoms with Crippen molar-refractivity contribution in [3.8, 4) is 0 Å². The summed E-state index contributed by atoms with van der Waals surface area (Å²) >= 11 is 1.53. The molecule has 6 heteroatoms. The molecule has 2 amide bonds. The molecule has 1 unspecified atom stereocenters. The number of carbonyl (C=O) groups excluding carboxylic acids is 2. The third-order valence-corrected chi connectivity index (χ3v) is 3.37. The van der Waals surface area contributed by atoms with Crippen LogP contribution >= 0.6 is 11.8 Å². The average Bonchev–Trinajstić information content (AvgIpc) is 2.62. The van der Waals surface area contributed by atoms with E-state index >= 15 is 0 Å². The van der Waals surface area contributed by atoms with Crippen LogP contribution in [0.1, 0.15) is 13.3 Å². The summed E-state index contributed by atoms with van der Waals surface area (Å²) in [6.07, 6.45) is 0.679. The van der Waals surface area contributed by atoms with Crippen molar-refractivity contribution in [1.29, 1.82) is 0 Å². The summed E-state index contributed by atoms with van der Waals surface area (Å²) in [7, 11) is 0. The highest BCUT2D eigenvalue weighted by Crippen LogP contribution is 2.13. The number of hydrogen-bond donors (Lipinski definition) is 2. The van der Waals surface area contributed by atoms with Gasteiger partial charge in [0.05, 0.1) is 11.6 Å². The fraction of sp³-hybridized carbons (Fsp3) is 0.800. The molecule has 0 radical (unpaired) electrons. The molecular formula is C10H18N2O3S. The number of thioether (sulfide) groups is 1. The van der Waals surface area contributed by atoms with Gasteiger partial charge in [0.1, 0.15) is 6.54 Å². The molecule has 0 saturated carbocycles. The molecule has 1 rings (SSSR count). The number of amides is 2. The van der Waals surface area contributed by atoms with Crippen LogP contribution in [-0.4, -0.2) is 53.1 Å². The first kappa shape index (κ1) is 13.3. The lowest BCUT2D eigenvalue weighted by molar-refractivity contribution is -0.132. The Labute approximate surface area is 99.6 Å². The van der Waals surface area contributed by atoms with E-state index in [9.17, 15) is 9.59 Å². The highest BCUT2D eigenvalue weighted by molar-refractivity contribution is 8.00. The molecule has 2 N–H and O–H groups in total. The maximum Gasteiger partial charge on any atom is 0.239 e. The van der Waals surface area contributed by atoms with Crippen molar-refractivity contribution in [3.05, 3.63) is 0 Å². The molecule has 0 aromatic rings. The number of hydrogen-bond acceptors (Lipinski definition) is 4. The lowest BCUT2D eigenvalue weighted by Crippen LogP contribution is -2.39. The number of nitrogens with one attached hydrogen (secondary N) is 1. The van der Waals surface area contributed by atoms with Gasteiger partial charge >= 0.3 is 0 Å². The molecule has 1 heterocycles. The zero-order valence-electron chi connectivity index (χ0n) is 9.44. The zero-order chi connectivity index (χ0) is 12.0. The van der Waals surface area contributed by atoms with E-state index in [1.54, 1.807) is 4.90 Å². The second-order valence-electron chi connectivity index (χ2n) is 3.99. The smallest absolute Gasteiger partial charge is 0.239 e. The summed E-state index contributed by atoms with van der Waals surface area (Å²) in [5.74, 6) is 1.26. The van der Waals surface area contributed by atoms with E-state index in [1.165, 1.54) is 11.8 Å². The van der Waals surface area contributed by atoms with Gasteiger partial charge in [0.25, 0.3) is 0 Å². The molecule has 0 bridgehead atoms. The molecule has 92 valence electrons. The van der Waals surface area contributed by atoms with E-state index in [0.29, 0.717) is 24.6 Å². The van der Waals surface area contributed by atoms with E-state index in [-0.39, 0.29) is 30.9 Å². The van der Waals surface area contributed by atoms with Gasteiger partial charge in [0.15, 0.2) is 0 Å². The maximum atomic E-state index is 11.5. The van der Waals surface area contributed by atoms with Crippen LogP contribution in [0.3, 0.4) is 0 Å². The van der Waals surface area contributed by atoms with Crippen molar-refractivity contribution in [2.45, 2.75) is 13.3 Å². The quantitative estimate of drug-likeness (QED) is 0.672. The number of rotatable bonds is 6. The SMILES string of the molecule is CC(CCO)CNC(=O)CN1CSCC1=O. The molecule has 1 atom stereocenters. The Morgan fingerprint density at radius 2 is 2.44 bits per heavy atom. The van der Waals surface area contributed by atoms with Gasteiger partial charge in [-0.15, -0.1) is 11.8 Å². The Balaban J connectivity index is 2.18. The molecule has 1 aliphatic rings. The van der Waals surface area contributed by atoms with E-state index < -0.39 is 0 Å². The molecule has 1 saturated heterocycles. The summed E-state index contributed by atoms with van der Waals surface area (Å²) in [5.41, 5.74) is 0. The van der Waals surface area contributed by atoms with E-state index in [4.69, 9.17) is 5.11 Å². The third kappa shape index (κ3) is 4.40. The van der Waals surface area contributed by atoms with Crippen LogP contribution in [0, 0.1) is 5.92 Å². The Morgan fingerprint density at radius 1 is 1.69 bits per heavy atom. The van der Waals surface area contributed by atoms with Crippen LogP contribution < -0.4 is 5.32 Å². The fourth-order valence-corrected chi connectivity index (χ4v) is 2.28. The third-order valence-electron chi connectivity index (χ3n) is 2.43. The molecule has 0 spiro atoms. The van der Waals surface area contributed by atoms with Gasteiger partial charge in [-0.25, -0.2) is 0 Å². The van der Waals surface area contributed by atoms with Crippen molar-refractivity contribution in [1.82, 2.24) is 10.2 Å². The Bertz CT molecular complexity index is 260. The number of aliphatic hydroxyl groups excluding tert-OH is 1. The van der Waals surface area contributed by atoms with Gasteiger partial charge in [-0.1, -0.05) is 6.92 Å². The Morgan fingerprint density at radius 3 is 3.00 bits per heavy atom. The van der Waals surface area contributed by atoms with Crippen molar-refractivity contribution < 1.29 is 14.7 Å². The highest BCUT2D eigenvalue weighted by Gasteiger charge is 2.22. The molecule has 0 aromatic heterocycles. The van der Waals surface area contributed by atoms with Crippen molar-refractivity contribution >= 4 is 23.6 Å². The first-order chi connectivity index (χ1) is 7.63. The van der Waals surface area contributed by atoms with Gasteiger partial charge in [-0.2, -0.15) is 0 Å². The van der Waals surface area contributed by atoms with Crippen LogP contribution in [0.4, 0.5) is 0 Å². The van der Waals surface area contributed by atoms with Gasteiger partial charge in [-0.3, -0.25) is 9.59 Å². The van der Waals surface area contributed by atoms with E-state index in [2.05, 4.69) is 5.32 Å². The van der Waals surface area contributed by atoms with Crippen LogP contribution in [0.2, 0.25) is 0 Å². The number of nitrogens with zero attached hydrogens (tertiary/aromatic N) is 1. The minimum atomic E-state index is -0.124. The summed E-state index contributed by atoms with van der Waals surface area (Å²) in [4.78, 5) is 24.3. The monoisotopic (exact) mass is 246 g/mol. The predicted molar refractivity (Wildman–Crippen MR) is 62.9 cm³/mol. The first-order valence-corrected chi connectivity index (χ1v) is 6.52. The second-order valence-corrected chi connectivity index (χ2v) is 4.95. The van der Waals surface area contributed by atoms with Gasteiger partial charge < -0.3 is 15.3 Å². The largest absolute Gasteiger partial charge is 0.396 e. The molecule has 1 fully saturated rings. The molecule has 16 heavy (non-hydrogen) atoms. The van der Waals surface area contributed by atoms with Crippen LogP contribution in [0.5, 0.6) is 0 Å². The van der Waals surface area contributed by atoms with Gasteiger partial charge in [0.2, 0.25) is 11.8 Å². The maximum absolute atomic E-state index is 11.5. The fourth-order valence-electron chi connectivity index (χ4n) is 1.38. The molecule has 0 aromatic carbocycles. The summed E-state index contributed by atoms with van der Waals surface area (Å²) < 4.78 is 0. The van der Waals surface area contributed by atoms with Crippen molar-refractivity contribution in [2.24, 2.45) is 5.92 Å².